The molecule has 13 heteroatoms. The Balaban J connectivity index is 1.15. The number of carbonyl (C=O) groups excluding carboxylic acids is 2. The summed E-state index contributed by atoms with van der Waals surface area (Å²) in [6.07, 6.45) is -1.07. The van der Waals surface area contributed by atoms with Crippen LogP contribution in [-0.4, -0.2) is 80.7 Å². The number of aliphatic imine (C=N–C) groups is 1. The smallest absolute Gasteiger partial charge is 0.370 e. The summed E-state index contributed by atoms with van der Waals surface area (Å²) in [5, 5.41) is 2.93. The molecule has 0 unspecified atom stereocenters. The van der Waals surface area contributed by atoms with Gasteiger partial charge < -0.3 is 15.0 Å². The van der Waals surface area contributed by atoms with E-state index in [0.717, 1.165) is 22.4 Å². The van der Waals surface area contributed by atoms with Crippen molar-refractivity contribution in [3.63, 3.8) is 0 Å². The molecule has 0 bridgehead atoms. The topological polar surface area (TPSA) is 108 Å². The van der Waals surface area contributed by atoms with E-state index in [1.54, 1.807) is 4.90 Å². The van der Waals surface area contributed by atoms with Crippen molar-refractivity contribution < 1.29 is 35.9 Å². The number of anilines is 1. The van der Waals surface area contributed by atoms with Crippen LogP contribution in [0.15, 0.2) is 17.1 Å². The number of morpholine rings is 1. The Kier molecular flexibility index (Phi) is 9.25. The molecule has 9 nitrogen and oxygen atoms in total. The third-order valence-corrected chi connectivity index (χ3v) is 11.5. The zero-order valence-corrected chi connectivity index (χ0v) is 25.7. The van der Waals surface area contributed by atoms with Crippen LogP contribution in [0.5, 0.6) is 0 Å². The van der Waals surface area contributed by atoms with E-state index in [-0.39, 0.29) is 55.5 Å². The number of rotatable bonds is 8. The molecule has 1 aromatic rings. The largest absolute Gasteiger partial charge is 0.389 e. The fourth-order valence-corrected chi connectivity index (χ4v) is 8.43. The highest BCUT2D eigenvalue weighted by atomic mass is 32.2. The fourth-order valence-electron chi connectivity index (χ4n) is 6.97. The number of sulfonamides is 1. The highest BCUT2D eigenvalue weighted by molar-refractivity contribution is 7.89. The minimum atomic E-state index is -4.13. The van der Waals surface area contributed by atoms with E-state index < -0.39 is 28.2 Å². The normalized spacial score (nSPS) is 25.2. The van der Waals surface area contributed by atoms with Crippen molar-refractivity contribution in [2.75, 3.05) is 43.5 Å². The van der Waals surface area contributed by atoms with Crippen molar-refractivity contribution in [3.8, 4) is 0 Å². The second-order valence-corrected chi connectivity index (χ2v) is 14.6. The second-order valence-electron chi connectivity index (χ2n) is 12.5. The number of benzene rings is 1. The SMILES string of the molecule is Cc1cc(N2CCOCC2=O)cc(C)c1CCS(=O)(=O)N1CCC2(CC1)N=C(C1CCC(CCC(F)(F)F)CC1)NC2=O. The number of hydrogen-bond acceptors (Lipinski definition) is 6. The van der Waals surface area contributed by atoms with Gasteiger partial charge in [0.15, 0.2) is 0 Å². The minimum absolute atomic E-state index is 0.0199. The van der Waals surface area contributed by atoms with Crippen LogP contribution >= 0.6 is 0 Å². The first kappa shape index (κ1) is 31.9. The summed E-state index contributed by atoms with van der Waals surface area (Å²) >= 11 is 0. The monoisotopic (exact) mass is 626 g/mol. The predicted molar refractivity (Wildman–Crippen MR) is 156 cm³/mol. The summed E-state index contributed by atoms with van der Waals surface area (Å²) < 4.78 is 71.1. The van der Waals surface area contributed by atoms with Crippen LogP contribution in [0.1, 0.15) is 68.1 Å². The van der Waals surface area contributed by atoms with E-state index >= 15 is 0 Å². The van der Waals surface area contributed by atoms with Gasteiger partial charge >= 0.3 is 6.18 Å². The van der Waals surface area contributed by atoms with Crippen molar-refractivity contribution in [1.29, 1.82) is 0 Å². The number of carbonyl (C=O) groups is 2. The molecule has 1 spiro atoms. The summed E-state index contributed by atoms with van der Waals surface area (Å²) in [4.78, 5) is 31.8. The number of piperidine rings is 1. The summed E-state index contributed by atoms with van der Waals surface area (Å²) in [5.74, 6) is 0.315. The number of amidine groups is 1. The van der Waals surface area contributed by atoms with E-state index in [0.29, 0.717) is 63.9 Å². The first-order valence-electron chi connectivity index (χ1n) is 15.2. The third-order valence-electron chi connectivity index (χ3n) is 9.60. The molecule has 1 aromatic carbocycles. The predicted octanol–water partition coefficient (Wildman–Crippen LogP) is 4.05. The lowest BCUT2D eigenvalue weighted by molar-refractivity contribution is -0.138. The maximum Gasteiger partial charge on any atom is 0.389 e. The van der Waals surface area contributed by atoms with Gasteiger partial charge in [0.25, 0.3) is 11.8 Å². The zero-order chi connectivity index (χ0) is 31.0. The van der Waals surface area contributed by atoms with Crippen LogP contribution in [0.25, 0.3) is 0 Å². The number of halogens is 3. The first-order valence-corrected chi connectivity index (χ1v) is 16.8. The van der Waals surface area contributed by atoms with Crippen LogP contribution in [0.2, 0.25) is 0 Å². The molecule has 238 valence electrons. The van der Waals surface area contributed by atoms with Crippen LogP contribution in [-0.2, 0) is 30.8 Å². The van der Waals surface area contributed by atoms with Crippen LogP contribution in [0.4, 0.5) is 18.9 Å². The number of ether oxygens (including phenoxy) is 1. The average molecular weight is 627 g/mol. The summed E-state index contributed by atoms with van der Waals surface area (Å²) in [6, 6.07) is 3.85. The number of nitrogens with one attached hydrogen (secondary N) is 1. The number of hydrogen-bond donors (Lipinski definition) is 1. The Morgan fingerprint density at radius 1 is 1.05 bits per heavy atom. The van der Waals surface area contributed by atoms with Crippen LogP contribution in [0.3, 0.4) is 0 Å². The summed E-state index contributed by atoms with van der Waals surface area (Å²) in [6.45, 7) is 5.27. The number of nitrogens with zero attached hydrogens (tertiary/aromatic N) is 3. The number of alkyl halides is 3. The van der Waals surface area contributed by atoms with Gasteiger partial charge in [0, 0.05) is 37.7 Å². The molecule has 4 aliphatic rings. The lowest BCUT2D eigenvalue weighted by Gasteiger charge is -2.35. The number of aryl methyl sites for hydroxylation is 2. The Morgan fingerprint density at radius 3 is 2.30 bits per heavy atom. The van der Waals surface area contributed by atoms with Gasteiger partial charge in [-0.2, -0.15) is 13.2 Å². The van der Waals surface area contributed by atoms with Gasteiger partial charge in [-0.05, 0) is 100.0 Å². The van der Waals surface area contributed by atoms with Gasteiger partial charge in [-0.25, -0.2) is 12.7 Å². The lowest BCUT2D eigenvalue weighted by Crippen LogP contribution is -2.51. The van der Waals surface area contributed by atoms with E-state index in [1.807, 2.05) is 26.0 Å². The van der Waals surface area contributed by atoms with E-state index in [4.69, 9.17) is 9.73 Å². The summed E-state index contributed by atoms with van der Waals surface area (Å²) in [5.41, 5.74) is 2.62. The Hall–Kier alpha value is -2.51. The molecular formula is C30H41F3N4O5S. The molecule has 3 aliphatic heterocycles. The highest BCUT2D eigenvalue weighted by Gasteiger charge is 2.48. The van der Waals surface area contributed by atoms with Crippen molar-refractivity contribution in [1.82, 2.24) is 9.62 Å². The first-order chi connectivity index (χ1) is 20.3. The third kappa shape index (κ3) is 7.25. The second kappa shape index (κ2) is 12.5. The maximum atomic E-state index is 13.3. The van der Waals surface area contributed by atoms with Gasteiger partial charge in [-0.15, -0.1) is 0 Å². The lowest BCUT2D eigenvalue weighted by atomic mass is 9.79. The zero-order valence-electron chi connectivity index (χ0n) is 24.8. The molecule has 1 saturated carbocycles. The molecule has 1 aliphatic carbocycles. The van der Waals surface area contributed by atoms with Crippen LogP contribution < -0.4 is 10.2 Å². The Bertz CT molecular complexity index is 1340. The molecule has 1 N–H and O–H groups in total. The highest BCUT2D eigenvalue weighted by Crippen LogP contribution is 2.38. The van der Waals surface area contributed by atoms with Gasteiger partial charge in [0.2, 0.25) is 10.0 Å². The summed E-state index contributed by atoms with van der Waals surface area (Å²) in [7, 11) is -3.58. The van der Waals surface area contributed by atoms with Crippen molar-refractivity contribution in [2.24, 2.45) is 16.8 Å². The van der Waals surface area contributed by atoms with Gasteiger partial charge in [0.1, 0.15) is 18.0 Å². The Labute approximate surface area is 251 Å². The molecule has 3 heterocycles. The van der Waals surface area contributed by atoms with E-state index in [9.17, 15) is 31.2 Å². The molecule has 0 radical (unpaired) electrons. The van der Waals surface area contributed by atoms with Gasteiger partial charge in [-0.1, -0.05) is 0 Å². The standard InChI is InChI=1S/C30H41F3N4O5S/c1-20-17-24(37-14-15-42-19-26(37)38)18-21(2)25(20)8-16-43(40,41)36-12-10-29(11-13-36)28(39)34-27(35-29)23-5-3-22(4-6-23)7-9-30(31,32)33/h17-18,22-23H,3-16,19H2,1-2H3,(H,34,35,39). The molecule has 3 fully saturated rings. The van der Waals surface area contributed by atoms with Gasteiger partial charge in [0.05, 0.1) is 12.4 Å². The molecule has 2 amide bonds. The van der Waals surface area contributed by atoms with E-state index in [1.165, 1.54) is 4.31 Å². The molecular weight excluding hydrogens is 585 g/mol. The maximum absolute atomic E-state index is 13.3. The van der Waals surface area contributed by atoms with Crippen molar-refractivity contribution in [2.45, 2.75) is 83.4 Å². The van der Waals surface area contributed by atoms with Crippen molar-refractivity contribution >= 4 is 33.4 Å². The van der Waals surface area contributed by atoms with Crippen LogP contribution in [0, 0.1) is 25.7 Å². The fraction of sp³-hybridized carbons (Fsp3) is 0.700. The molecule has 5 rings (SSSR count). The molecule has 0 atom stereocenters. The molecule has 0 aromatic heterocycles. The Morgan fingerprint density at radius 2 is 1.70 bits per heavy atom. The molecule has 2 saturated heterocycles. The quantitative estimate of drug-likeness (QED) is 0.469. The van der Waals surface area contributed by atoms with Gasteiger partial charge in [-0.3, -0.25) is 14.6 Å². The number of amides is 2. The van der Waals surface area contributed by atoms with Crippen molar-refractivity contribution in [3.05, 3.63) is 28.8 Å². The average Bonchev–Trinajstić information content (AvgIpc) is 3.26. The molecule has 43 heavy (non-hydrogen) atoms. The minimum Gasteiger partial charge on any atom is -0.370 e. The van der Waals surface area contributed by atoms with E-state index in [2.05, 4.69) is 5.32 Å².